The van der Waals surface area contributed by atoms with E-state index in [0.29, 0.717) is 32.5 Å². The first-order valence-electron chi connectivity index (χ1n) is 10.4. The second kappa shape index (κ2) is 10.9. The number of carbonyl (C=O) groups is 1. The summed E-state index contributed by atoms with van der Waals surface area (Å²) in [7, 11) is 1.66. The fourth-order valence-corrected chi connectivity index (χ4v) is 3.60. The summed E-state index contributed by atoms with van der Waals surface area (Å²) < 4.78 is 17.0. The van der Waals surface area contributed by atoms with Crippen LogP contribution in [0.5, 0.6) is 11.5 Å². The Labute approximate surface area is 173 Å². The second-order valence-corrected chi connectivity index (χ2v) is 7.49. The lowest BCUT2D eigenvalue weighted by molar-refractivity contribution is -0.133. The molecule has 0 radical (unpaired) electrons. The highest BCUT2D eigenvalue weighted by Gasteiger charge is 2.23. The quantitative estimate of drug-likeness (QED) is 0.559. The zero-order chi connectivity index (χ0) is 20.5. The molecule has 2 aromatic carbocycles. The van der Waals surface area contributed by atoms with Gasteiger partial charge >= 0.3 is 0 Å². The highest BCUT2D eigenvalue weighted by atomic mass is 16.5. The van der Waals surface area contributed by atoms with Crippen molar-refractivity contribution < 1.29 is 19.0 Å². The Hall–Kier alpha value is -2.53. The van der Waals surface area contributed by atoms with Gasteiger partial charge in [0.25, 0.3) is 0 Å². The largest absolute Gasteiger partial charge is 0.496 e. The molecule has 1 atom stereocenters. The predicted octanol–water partition coefficient (Wildman–Crippen LogP) is 4.37. The zero-order valence-electron chi connectivity index (χ0n) is 17.4. The van der Waals surface area contributed by atoms with Crippen molar-refractivity contribution in [3.05, 3.63) is 59.7 Å². The molecule has 0 bridgehead atoms. The summed E-state index contributed by atoms with van der Waals surface area (Å²) in [6.07, 6.45) is 3.32. The summed E-state index contributed by atoms with van der Waals surface area (Å²) in [5.41, 5.74) is 2.18. The van der Waals surface area contributed by atoms with Gasteiger partial charge in [0.2, 0.25) is 5.91 Å². The Balaban J connectivity index is 1.56. The highest BCUT2D eigenvalue weighted by Crippen LogP contribution is 2.22. The molecule has 1 saturated heterocycles. The zero-order valence-corrected chi connectivity index (χ0v) is 17.4. The Morgan fingerprint density at radius 1 is 1.21 bits per heavy atom. The summed E-state index contributed by atoms with van der Waals surface area (Å²) >= 11 is 0. The molecular formula is C24H31NO4. The predicted molar refractivity (Wildman–Crippen MR) is 113 cm³/mol. The van der Waals surface area contributed by atoms with Crippen LogP contribution in [0.3, 0.4) is 0 Å². The molecule has 1 heterocycles. The third-order valence-corrected chi connectivity index (χ3v) is 5.15. The molecule has 0 N–H and O–H groups in total. The van der Waals surface area contributed by atoms with Crippen LogP contribution in [0, 0.1) is 6.92 Å². The van der Waals surface area contributed by atoms with E-state index in [1.54, 1.807) is 7.11 Å². The third kappa shape index (κ3) is 6.50. The first kappa shape index (κ1) is 21.2. The van der Waals surface area contributed by atoms with Crippen LogP contribution in [-0.2, 0) is 16.1 Å². The van der Waals surface area contributed by atoms with Crippen molar-refractivity contribution in [2.45, 2.75) is 45.3 Å². The van der Waals surface area contributed by atoms with Gasteiger partial charge in [0.05, 0.1) is 19.8 Å². The lowest BCUT2D eigenvalue weighted by Gasteiger charge is -2.26. The minimum absolute atomic E-state index is 0.122. The number of hydrogen-bond donors (Lipinski definition) is 0. The van der Waals surface area contributed by atoms with Crippen LogP contribution in [0.25, 0.3) is 0 Å². The van der Waals surface area contributed by atoms with Gasteiger partial charge in [-0.15, -0.1) is 0 Å². The average Bonchev–Trinajstić information content (AvgIpc) is 3.24. The Morgan fingerprint density at radius 2 is 2.07 bits per heavy atom. The molecule has 156 valence electrons. The van der Waals surface area contributed by atoms with E-state index in [0.717, 1.165) is 42.1 Å². The first-order chi connectivity index (χ1) is 14.2. The smallest absolute Gasteiger partial charge is 0.223 e. The van der Waals surface area contributed by atoms with Crippen molar-refractivity contribution in [2.24, 2.45) is 0 Å². The number of nitrogens with zero attached hydrogens (tertiary/aromatic N) is 1. The lowest BCUT2D eigenvalue weighted by Crippen LogP contribution is -2.37. The van der Waals surface area contributed by atoms with Crippen molar-refractivity contribution >= 4 is 5.91 Å². The van der Waals surface area contributed by atoms with E-state index in [4.69, 9.17) is 14.2 Å². The van der Waals surface area contributed by atoms with Crippen LogP contribution >= 0.6 is 0 Å². The Bertz CT molecular complexity index is 786. The van der Waals surface area contributed by atoms with E-state index in [2.05, 4.69) is 0 Å². The molecule has 1 fully saturated rings. The minimum atomic E-state index is 0.122. The minimum Gasteiger partial charge on any atom is -0.496 e. The van der Waals surface area contributed by atoms with Crippen LogP contribution in [0.4, 0.5) is 0 Å². The normalized spacial score (nSPS) is 15.9. The molecule has 1 amide bonds. The van der Waals surface area contributed by atoms with Crippen molar-refractivity contribution in [2.75, 3.05) is 26.9 Å². The van der Waals surface area contributed by atoms with Gasteiger partial charge in [-0.25, -0.2) is 0 Å². The fourth-order valence-electron chi connectivity index (χ4n) is 3.60. The monoisotopic (exact) mass is 397 g/mol. The lowest BCUT2D eigenvalue weighted by atomic mass is 10.1. The molecule has 3 rings (SSSR count). The Kier molecular flexibility index (Phi) is 7.94. The van der Waals surface area contributed by atoms with Gasteiger partial charge in [-0.05, 0) is 49.9 Å². The topological polar surface area (TPSA) is 48.0 Å². The second-order valence-electron chi connectivity index (χ2n) is 7.49. The molecule has 0 spiro atoms. The molecule has 0 aromatic heterocycles. The van der Waals surface area contributed by atoms with Gasteiger partial charge in [-0.1, -0.05) is 30.3 Å². The van der Waals surface area contributed by atoms with E-state index in [9.17, 15) is 4.79 Å². The van der Waals surface area contributed by atoms with Gasteiger partial charge in [0.15, 0.2) is 0 Å². The van der Waals surface area contributed by atoms with E-state index in [1.165, 1.54) is 0 Å². The number of ether oxygens (including phenoxy) is 3. The van der Waals surface area contributed by atoms with Gasteiger partial charge in [-0.2, -0.15) is 0 Å². The molecule has 29 heavy (non-hydrogen) atoms. The molecule has 1 aliphatic rings. The summed E-state index contributed by atoms with van der Waals surface area (Å²) in [4.78, 5) is 14.9. The SMILES string of the molecule is COc1ccccc1CN(CC1CCCO1)C(=O)CCCOc1cccc(C)c1. The molecule has 1 aliphatic heterocycles. The third-order valence-electron chi connectivity index (χ3n) is 5.15. The Morgan fingerprint density at radius 3 is 2.83 bits per heavy atom. The summed E-state index contributed by atoms with van der Waals surface area (Å²) in [5, 5.41) is 0. The molecule has 5 nitrogen and oxygen atoms in total. The number of carbonyl (C=O) groups excluding carboxylic acids is 1. The maximum absolute atomic E-state index is 13.0. The number of aryl methyl sites for hydroxylation is 1. The van der Waals surface area contributed by atoms with E-state index >= 15 is 0 Å². The van der Waals surface area contributed by atoms with E-state index < -0.39 is 0 Å². The number of amides is 1. The molecule has 0 saturated carbocycles. The standard InChI is InChI=1S/C24H31NO4/c1-19-8-5-10-21(16-19)28-15-7-13-24(26)25(18-22-11-6-14-29-22)17-20-9-3-4-12-23(20)27-2/h3-5,8-10,12,16,22H,6-7,11,13-15,17-18H2,1-2H3. The molecule has 2 aromatic rings. The molecule has 5 heteroatoms. The number of rotatable bonds is 10. The molecule has 0 aliphatic carbocycles. The summed E-state index contributed by atoms with van der Waals surface area (Å²) in [6.45, 7) is 4.50. The van der Waals surface area contributed by atoms with Crippen molar-refractivity contribution in [1.29, 1.82) is 0 Å². The number of methoxy groups -OCH3 is 1. The number of para-hydroxylation sites is 1. The van der Waals surface area contributed by atoms with Gasteiger partial charge < -0.3 is 19.1 Å². The van der Waals surface area contributed by atoms with E-state index in [-0.39, 0.29) is 12.0 Å². The molecular weight excluding hydrogens is 366 g/mol. The molecule has 1 unspecified atom stereocenters. The summed E-state index contributed by atoms with van der Waals surface area (Å²) in [5.74, 6) is 1.78. The highest BCUT2D eigenvalue weighted by molar-refractivity contribution is 5.76. The van der Waals surface area contributed by atoms with Crippen LogP contribution in [-0.4, -0.2) is 43.8 Å². The van der Waals surface area contributed by atoms with Crippen LogP contribution in [0.15, 0.2) is 48.5 Å². The van der Waals surface area contributed by atoms with Gasteiger partial charge in [-0.3, -0.25) is 4.79 Å². The van der Waals surface area contributed by atoms with Gasteiger partial charge in [0, 0.05) is 31.7 Å². The fraction of sp³-hybridized carbons (Fsp3) is 0.458. The van der Waals surface area contributed by atoms with Crippen LogP contribution in [0.1, 0.15) is 36.8 Å². The maximum atomic E-state index is 13.0. The van der Waals surface area contributed by atoms with Crippen molar-refractivity contribution in [3.8, 4) is 11.5 Å². The number of benzene rings is 2. The van der Waals surface area contributed by atoms with Crippen LogP contribution < -0.4 is 9.47 Å². The number of hydrogen-bond acceptors (Lipinski definition) is 4. The van der Waals surface area contributed by atoms with Crippen molar-refractivity contribution in [1.82, 2.24) is 4.90 Å². The van der Waals surface area contributed by atoms with E-state index in [1.807, 2.05) is 60.4 Å². The van der Waals surface area contributed by atoms with Crippen LogP contribution in [0.2, 0.25) is 0 Å². The average molecular weight is 398 g/mol. The summed E-state index contributed by atoms with van der Waals surface area (Å²) in [6, 6.07) is 15.8. The first-order valence-corrected chi connectivity index (χ1v) is 10.4. The van der Waals surface area contributed by atoms with Crippen molar-refractivity contribution in [3.63, 3.8) is 0 Å². The maximum Gasteiger partial charge on any atom is 0.223 e. The van der Waals surface area contributed by atoms with Gasteiger partial charge in [0.1, 0.15) is 11.5 Å².